The zero-order valence-corrected chi connectivity index (χ0v) is 13.3. The molecule has 3 unspecified atom stereocenters. The highest BCUT2D eigenvalue weighted by molar-refractivity contribution is 5.82. The van der Waals surface area contributed by atoms with Crippen molar-refractivity contribution < 1.29 is 14.7 Å². The summed E-state index contributed by atoms with van der Waals surface area (Å²) >= 11 is 0. The van der Waals surface area contributed by atoms with Crippen molar-refractivity contribution in [3.05, 3.63) is 0 Å². The molecule has 5 heteroatoms. The Morgan fingerprint density at radius 2 is 2.00 bits per heavy atom. The van der Waals surface area contributed by atoms with Gasteiger partial charge in [-0.25, -0.2) is 9.59 Å². The second kappa shape index (κ2) is 6.67. The summed E-state index contributed by atoms with van der Waals surface area (Å²) in [6.45, 7) is 4.67. The van der Waals surface area contributed by atoms with E-state index in [1.165, 1.54) is 25.7 Å². The van der Waals surface area contributed by atoms with E-state index in [9.17, 15) is 14.7 Å². The van der Waals surface area contributed by atoms with Crippen molar-refractivity contribution in [2.45, 2.75) is 52.0 Å². The second-order valence-electron chi connectivity index (χ2n) is 7.29. The molecule has 0 heterocycles. The lowest BCUT2D eigenvalue weighted by Crippen LogP contribution is -2.48. The molecular weight excluding hydrogens is 268 g/mol. The van der Waals surface area contributed by atoms with Crippen LogP contribution in [0.2, 0.25) is 0 Å². The molecule has 2 rings (SSSR count). The van der Waals surface area contributed by atoms with E-state index in [-0.39, 0.29) is 11.9 Å². The number of nitrogens with zero attached hydrogens (tertiary/aromatic N) is 1. The third kappa shape index (κ3) is 4.11. The van der Waals surface area contributed by atoms with Gasteiger partial charge in [0.05, 0.1) is 0 Å². The number of aliphatic carboxylic acids is 1. The molecule has 0 aromatic carbocycles. The molecule has 21 heavy (non-hydrogen) atoms. The highest BCUT2D eigenvalue weighted by atomic mass is 16.4. The molecule has 2 saturated carbocycles. The number of amides is 2. The maximum atomic E-state index is 12.2. The van der Waals surface area contributed by atoms with Crippen LogP contribution >= 0.6 is 0 Å². The lowest BCUT2D eigenvalue weighted by Gasteiger charge is -2.28. The Labute approximate surface area is 127 Å². The van der Waals surface area contributed by atoms with Crippen LogP contribution < -0.4 is 5.32 Å². The topological polar surface area (TPSA) is 69.6 Å². The molecule has 0 saturated heterocycles. The molecule has 2 aliphatic carbocycles. The molecule has 4 atom stereocenters. The van der Waals surface area contributed by atoms with Crippen LogP contribution in [-0.2, 0) is 4.79 Å². The number of carbonyl (C=O) groups is 2. The Morgan fingerprint density at radius 3 is 2.48 bits per heavy atom. The Bertz CT molecular complexity index is 397. The molecule has 2 fully saturated rings. The van der Waals surface area contributed by atoms with Crippen LogP contribution in [0.5, 0.6) is 0 Å². The summed E-state index contributed by atoms with van der Waals surface area (Å²) in [5.41, 5.74) is 0. The van der Waals surface area contributed by atoms with Crippen molar-refractivity contribution >= 4 is 12.0 Å². The minimum atomic E-state index is -0.953. The summed E-state index contributed by atoms with van der Waals surface area (Å²) in [6.07, 6.45) is 5.67. The molecule has 0 aromatic rings. The SMILES string of the molecule is CC(C)C[C@@H](NC(=O)N(C)CC1CC2CCC1C2)C(=O)O. The van der Waals surface area contributed by atoms with Crippen LogP contribution in [0.25, 0.3) is 0 Å². The third-order valence-electron chi connectivity index (χ3n) is 5.04. The second-order valence-corrected chi connectivity index (χ2v) is 7.29. The number of fused-ring (bicyclic) bond motifs is 2. The summed E-state index contributed by atoms with van der Waals surface area (Å²) < 4.78 is 0. The molecule has 0 radical (unpaired) electrons. The minimum absolute atomic E-state index is 0.238. The smallest absolute Gasteiger partial charge is 0.326 e. The number of hydrogen-bond acceptors (Lipinski definition) is 2. The number of nitrogens with one attached hydrogen (secondary N) is 1. The van der Waals surface area contributed by atoms with Gasteiger partial charge in [-0.15, -0.1) is 0 Å². The van der Waals surface area contributed by atoms with Gasteiger partial charge in [0.2, 0.25) is 0 Å². The first-order valence-electron chi connectivity index (χ1n) is 8.11. The maximum absolute atomic E-state index is 12.2. The van der Waals surface area contributed by atoms with Crippen LogP contribution in [0, 0.1) is 23.7 Å². The predicted molar refractivity (Wildman–Crippen MR) is 81.0 cm³/mol. The van der Waals surface area contributed by atoms with Crippen LogP contribution in [0.1, 0.15) is 46.0 Å². The molecule has 2 amide bonds. The van der Waals surface area contributed by atoms with Crippen LogP contribution in [0.3, 0.4) is 0 Å². The van der Waals surface area contributed by atoms with Crippen molar-refractivity contribution in [2.75, 3.05) is 13.6 Å². The fourth-order valence-corrected chi connectivity index (χ4v) is 3.99. The lowest BCUT2D eigenvalue weighted by atomic mass is 9.88. The zero-order chi connectivity index (χ0) is 15.6. The summed E-state index contributed by atoms with van der Waals surface area (Å²) in [5.74, 6) is 1.53. The fraction of sp³-hybridized carbons (Fsp3) is 0.875. The van der Waals surface area contributed by atoms with Gasteiger partial charge < -0.3 is 15.3 Å². The van der Waals surface area contributed by atoms with Crippen LogP contribution in [-0.4, -0.2) is 41.6 Å². The van der Waals surface area contributed by atoms with E-state index in [1.807, 2.05) is 13.8 Å². The van der Waals surface area contributed by atoms with Crippen molar-refractivity contribution in [1.29, 1.82) is 0 Å². The number of hydrogen-bond donors (Lipinski definition) is 2. The Morgan fingerprint density at radius 1 is 1.29 bits per heavy atom. The quantitative estimate of drug-likeness (QED) is 0.791. The van der Waals surface area contributed by atoms with Gasteiger partial charge in [0.15, 0.2) is 0 Å². The number of rotatable bonds is 6. The van der Waals surface area contributed by atoms with Crippen molar-refractivity contribution in [3.8, 4) is 0 Å². The van der Waals surface area contributed by atoms with Gasteiger partial charge in [-0.05, 0) is 49.4 Å². The number of urea groups is 1. The Kier molecular flexibility index (Phi) is 5.12. The Hall–Kier alpha value is -1.26. The normalized spacial score (nSPS) is 28.7. The number of carboxylic acids is 1. The third-order valence-corrected chi connectivity index (χ3v) is 5.04. The summed E-state index contributed by atoms with van der Waals surface area (Å²) in [6, 6.07) is -1.05. The molecule has 0 aliphatic heterocycles. The van der Waals surface area contributed by atoms with Crippen LogP contribution in [0.4, 0.5) is 4.79 Å². The van der Waals surface area contributed by atoms with E-state index in [2.05, 4.69) is 5.32 Å². The van der Waals surface area contributed by atoms with Crippen LogP contribution in [0.15, 0.2) is 0 Å². The molecule has 120 valence electrons. The predicted octanol–water partition coefficient (Wildman–Crippen LogP) is 2.56. The molecule has 2 aliphatic rings. The molecule has 0 aromatic heterocycles. The largest absolute Gasteiger partial charge is 0.480 e. The minimum Gasteiger partial charge on any atom is -0.480 e. The molecule has 2 N–H and O–H groups in total. The van der Waals surface area contributed by atoms with E-state index < -0.39 is 12.0 Å². The average molecular weight is 296 g/mol. The van der Waals surface area contributed by atoms with Gasteiger partial charge in [0.25, 0.3) is 0 Å². The molecule has 0 spiro atoms. The molecular formula is C16H28N2O3. The van der Waals surface area contributed by atoms with Crippen molar-refractivity contribution in [2.24, 2.45) is 23.7 Å². The first-order chi connectivity index (χ1) is 9.86. The monoisotopic (exact) mass is 296 g/mol. The van der Waals surface area contributed by atoms with E-state index in [0.29, 0.717) is 12.3 Å². The van der Waals surface area contributed by atoms with Gasteiger partial charge in [-0.3, -0.25) is 0 Å². The Balaban J connectivity index is 1.82. The van der Waals surface area contributed by atoms with Gasteiger partial charge in [0.1, 0.15) is 6.04 Å². The number of carboxylic acid groups (broad SMARTS) is 1. The molecule has 2 bridgehead atoms. The van der Waals surface area contributed by atoms with Crippen molar-refractivity contribution in [3.63, 3.8) is 0 Å². The standard InChI is InChI=1S/C16H28N2O3/c1-10(2)6-14(15(19)20)17-16(21)18(3)9-13-8-11-4-5-12(13)7-11/h10-14H,4-9H2,1-3H3,(H,17,21)(H,19,20)/t11?,12?,13?,14-/m1/s1. The highest BCUT2D eigenvalue weighted by Crippen LogP contribution is 2.48. The molecule has 5 nitrogen and oxygen atoms in total. The van der Waals surface area contributed by atoms with E-state index in [4.69, 9.17) is 0 Å². The number of carbonyl (C=O) groups excluding carboxylic acids is 1. The lowest BCUT2D eigenvalue weighted by molar-refractivity contribution is -0.139. The van der Waals surface area contributed by atoms with Crippen molar-refractivity contribution in [1.82, 2.24) is 10.2 Å². The summed E-state index contributed by atoms with van der Waals surface area (Å²) in [7, 11) is 1.77. The van der Waals surface area contributed by atoms with E-state index >= 15 is 0 Å². The van der Waals surface area contributed by atoms with Gasteiger partial charge >= 0.3 is 12.0 Å². The zero-order valence-electron chi connectivity index (χ0n) is 13.3. The average Bonchev–Trinajstić information content (AvgIpc) is 2.99. The van der Waals surface area contributed by atoms with Gasteiger partial charge in [-0.1, -0.05) is 20.3 Å². The fourth-order valence-electron chi connectivity index (χ4n) is 3.99. The van der Waals surface area contributed by atoms with Gasteiger partial charge in [-0.2, -0.15) is 0 Å². The first kappa shape index (κ1) is 16.1. The van der Waals surface area contributed by atoms with E-state index in [0.717, 1.165) is 18.4 Å². The van der Waals surface area contributed by atoms with E-state index in [1.54, 1.807) is 11.9 Å². The summed E-state index contributed by atoms with van der Waals surface area (Å²) in [5, 5.41) is 11.8. The summed E-state index contributed by atoms with van der Waals surface area (Å²) in [4.78, 5) is 25.1. The first-order valence-corrected chi connectivity index (χ1v) is 8.11. The van der Waals surface area contributed by atoms with Gasteiger partial charge in [0, 0.05) is 13.6 Å². The highest BCUT2D eigenvalue weighted by Gasteiger charge is 2.40. The maximum Gasteiger partial charge on any atom is 0.326 e.